The van der Waals surface area contributed by atoms with Crippen molar-refractivity contribution in [2.75, 3.05) is 11.4 Å². The van der Waals surface area contributed by atoms with Crippen molar-refractivity contribution in [2.24, 2.45) is 0 Å². The van der Waals surface area contributed by atoms with Gasteiger partial charge in [-0.25, -0.2) is 4.98 Å². The molecule has 2 rings (SSSR count). The van der Waals surface area contributed by atoms with Gasteiger partial charge in [-0.05, 0) is 19.8 Å². The largest absolute Gasteiger partial charge is 0.480 e. The molecule has 1 aliphatic carbocycles. The van der Waals surface area contributed by atoms with Crippen molar-refractivity contribution in [2.45, 2.75) is 38.6 Å². The van der Waals surface area contributed by atoms with Gasteiger partial charge < -0.3 is 15.0 Å². The van der Waals surface area contributed by atoms with E-state index >= 15 is 0 Å². The number of anilines is 1. The number of aryl methyl sites for hydroxylation is 1. The maximum Gasteiger partial charge on any atom is 0.323 e. The Kier molecular flexibility index (Phi) is 3.64. The van der Waals surface area contributed by atoms with Crippen LogP contribution in [0.25, 0.3) is 0 Å². The summed E-state index contributed by atoms with van der Waals surface area (Å²) in [6, 6.07) is 1.55. The number of H-pyrrole nitrogens is 1. The van der Waals surface area contributed by atoms with Gasteiger partial charge in [0.15, 0.2) is 0 Å². The zero-order valence-corrected chi connectivity index (χ0v) is 10.3. The van der Waals surface area contributed by atoms with Crippen LogP contribution in [0.5, 0.6) is 0 Å². The van der Waals surface area contributed by atoms with Crippen molar-refractivity contribution in [1.82, 2.24) is 9.97 Å². The predicted octanol–water partition coefficient (Wildman–Crippen LogP) is 0.912. The fraction of sp³-hybridized carbons (Fsp3) is 0.583. The molecule has 0 bridgehead atoms. The van der Waals surface area contributed by atoms with Crippen molar-refractivity contribution in [3.8, 4) is 0 Å². The number of aliphatic carboxylic acids is 1. The molecule has 98 valence electrons. The van der Waals surface area contributed by atoms with Crippen LogP contribution >= 0.6 is 0 Å². The van der Waals surface area contributed by atoms with Crippen LogP contribution in [0, 0.1) is 6.92 Å². The first-order valence-electron chi connectivity index (χ1n) is 6.12. The predicted molar refractivity (Wildman–Crippen MR) is 66.8 cm³/mol. The van der Waals surface area contributed by atoms with E-state index in [1.54, 1.807) is 11.8 Å². The molecule has 0 amide bonds. The van der Waals surface area contributed by atoms with E-state index in [1.807, 2.05) is 0 Å². The topological polar surface area (TPSA) is 86.3 Å². The van der Waals surface area contributed by atoms with Gasteiger partial charge in [0.25, 0.3) is 5.56 Å². The summed E-state index contributed by atoms with van der Waals surface area (Å²) in [5.74, 6) is 0.0677. The average molecular weight is 251 g/mol. The van der Waals surface area contributed by atoms with Gasteiger partial charge in [0.1, 0.15) is 18.2 Å². The van der Waals surface area contributed by atoms with E-state index in [-0.39, 0.29) is 18.1 Å². The first kappa shape index (κ1) is 12.6. The van der Waals surface area contributed by atoms with Gasteiger partial charge in [-0.2, -0.15) is 0 Å². The van der Waals surface area contributed by atoms with E-state index in [1.165, 1.54) is 6.07 Å². The lowest BCUT2D eigenvalue weighted by Crippen LogP contribution is -2.39. The van der Waals surface area contributed by atoms with E-state index in [0.717, 1.165) is 25.7 Å². The average Bonchev–Trinajstić information content (AvgIpc) is 2.77. The highest BCUT2D eigenvalue weighted by Gasteiger charge is 2.25. The minimum Gasteiger partial charge on any atom is -0.480 e. The van der Waals surface area contributed by atoms with Crippen LogP contribution in [0.3, 0.4) is 0 Å². The van der Waals surface area contributed by atoms with E-state index in [0.29, 0.717) is 11.6 Å². The van der Waals surface area contributed by atoms with Gasteiger partial charge >= 0.3 is 5.97 Å². The van der Waals surface area contributed by atoms with E-state index in [9.17, 15) is 9.59 Å². The minimum absolute atomic E-state index is 0.111. The highest BCUT2D eigenvalue weighted by Crippen LogP contribution is 2.26. The Hall–Kier alpha value is -1.85. The van der Waals surface area contributed by atoms with Crippen molar-refractivity contribution in [3.05, 3.63) is 22.2 Å². The summed E-state index contributed by atoms with van der Waals surface area (Å²) in [5, 5.41) is 8.99. The van der Waals surface area contributed by atoms with Crippen LogP contribution in [0.15, 0.2) is 10.9 Å². The minimum atomic E-state index is -0.901. The molecule has 0 spiro atoms. The van der Waals surface area contributed by atoms with Crippen molar-refractivity contribution < 1.29 is 9.90 Å². The number of nitrogens with zero attached hydrogens (tertiary/aromatic N) is 2. The molecule has 0 radical (unpaired) electrons. The number of hydrogen-bond donors (Lipinski definition) is 2. The standard InChI is InChI=1S/C12H17N3O3/c1-8-13-10(6-11(16)14-8)15(7-12(17)18)9-4-2-3-5-9/h6,9H,2-5,7H2,1H3,(H,17,18)(H,13,14,16). The third-order valence-corrected chi connectivity index (χ3v) is 3.21. The van der Waals surface area contributed by atoms with Gasteiger partial charge in [-0.15, -0.1) is 0 Å². The van der Waals surface area contributed by atoms with Crippen LogP contribution in [0.4, 0.5) is 5.82 Å². The van der Waals surface area contributed by atoms with E-state index in [4.69, 9.17) is 5.11 Å². The molecular weight excluding hydrogens is 234 g/mol. The molecule has 2 N–H and O–H groups in total. The molecule has 1 heterocycles. The van der Waals surface area contributed by atoms with Crippen LogP contribution in [0.1, 0.15) is 31.5 Å². The van der Waals surface area contributed by atoms with Gasteiger partial charge in [-0.1, -0.05) is 12.8 Å². The Morgan fingerprint density at radius 2 is 2.22 bits per heavy atom. The number of aromatic amines is 1. The maximum atomic E-state index is 11.4. The highest BCUT2D eigenvalue weighted by atomic mass is 16.4. The summed E-state index contributed by atoms with van der Waals surface area (Å²) < 4.78 is 0. The van der Waals surface area contributed by atoms with Gasteiger partial charge in [0, 0.05) is 12.1 Å². The summed E-state index contributed by atoms with van der Waals surface area (Å²) in [4.78, 5) is 30.9. The zero-order valence-electron chi connectivity index (χ0n) is 10.3. The molecule has 6 nitrogen and oxygen atoms in total. The molecule has 0 aromatic carbocycles. The second-order valence-corrected chi connectivity index (χ2v) is 4.65. The van der Waals surface area contributed by atoms with Crippen molar-refractivity contribution >= 4 is 11.8 Å². The lowest BCUT2D eigenvalue weighted by Gasteiger charge is -2.28. The zero-order chi connectivity index (χ0) is 13.1. The molecule has 18 heavy (non-hydrogen) atoms. The number of rotatable bonds is 4. The Morgan fingerprint density at radius 3 is 2.78 bits per heavy atom. The number of carboxylic acids is 1. The molecule has 0 saturated heterocycles. The van der Waals surface area contributed by atoms with Crippen LogP contribution in [0.2, 0.25) is 0 Å². The Bertz CT molecular complexity index is 492. The van der Waals surface area contributed by atoms with Crippen LogP contribution in [-0.4, -0.2) is 33.6 Å². The number of aromatic nitrogens is 2. The Balaban J connectivity index is 2.31. The molecule has 0 unspecified atom stereocenters. The molecule has 1 saturated carbocycles. The first-order valence-corrected chi connectivity index (χ1v) is 6.12. The van der Waals surface area contributed by atoms with Gasteiger partial charge in [0.05, 0.1) is 0 Å². The Labute approximate surface area is 105 Å². The fourth-order valence-corrected chi connectivity index (χ4v) is 2.47. The summed E-state index contributed by atoms with van der Waals surface area (Å²) in [5.41, 5.74) is -0.245. The molecule has 6 heteroatoms. The third-order valence-electron chi connectivity index (χ3n) is 3.21. The molecule has 0 aliphatic heterocycles. The lowest BCUT2D eigenvalue weighted by molar-refractivity contribution is -0.135. The monoisotopic (exact) mass is 251 g/mol. The van der Waals surface area contributed by atoms with Crippen molar-refractivity contribution in [1.29, 1.82) is 0 Å². The van der Waals surface area contributed by atoms with Crippen LogP contribution < -0.4 is 10.5 Å². The quantitative estimate of drug-likeness (QED) is 0.830. The summed E-state index contributed by atoms with van der Waals surface area (Å²) >= 11 is 0. The maximum absolute atomic E-state index is 11.4. The first-order chi connectivity index (χ1) is 8.56. The van der Waals surface area contributed by atoms with Crippen molar-refractivity contribution in [3.63, 3.8) is 0 Å². The van der Waals surface area contributed by atoms with Crippen LogP contribution in [-0.2, 0) is 4.79 Å². The number of carbonyl (C=O) groups is 1. The summed E-state index contributed by atoms with van der Waals surface area (Å²) in [6.45, 7) is 1.58. The number of hydrogen-bond acceptors (Lipinski definition) is 4. The molecule has 0 atom stereocenters. The number of nitrogens with one attached hydrogen (secondary N) is 1. The van der Waals surface area contributed by atoms with E-state index in [2.05, 4.69) is 9.97 Å². The molecule has 1 fully saturated rings. The SMILES string of the molecule is Cc1nc(N(CC(=O)O)C2CCCC2)cc(=O)[nH]1. The normalized spacial score (nSPS) is 15.8. The second kappa shape index (κ2) is 5.20. The number of carboxylic acid groups (broad SMARTS) is 1. The third kappa shape index (κ3) is 2.88. The lowest BCUT2D eigenvalue weighted by atomic mass is 10.2. The smallest absolute Gasteiger partial charge is 0.323 e. The molecular formula is C12H17N3O3. The Morgan fingerprint density at radius 1 is 1.56 bits per heavy atom. The van der Waals surface area contributed by atoms with E-state index < -0.39 is 5.97 Å². The summed E-state index contributed by atoms with van der Waals surface area (Å²) in [7, 11) is 0. The second-order valence-electron chi connectivity index (χ2n) is 4.65. The molecule has 1 aromatic rings. The summed E-state index contributed by atoms with van der Waals surface area (Å²) in [6.07, 6.45) is 4.12. The molecule has 1 aromatic heterocycles. The molecule has 1 aliphatic rings. The van der Waals surface area contributed by atoms with Gasteiger partial charge in [-0.3, -0.25) is 9.59 Å². The van der Waals surface area contributed by atoms with Gasteiger partial charge in [0.2, 0.25) is 0 Å². The highest BCUT2D eigenvalue weighted by molar-refractivity contribution is 5.73. The fourth-order valence-electron chi connectivity index (χ4n) is 2.47.